The topological polar surface area (TPSA) is 75.9 Å². The highest BCUT2D eigenvalue weighted by atomic mass is 16.6. The summed E-state index contributed by atoms with van der Waals surface area (Å²) in [4.78, 5) is 27.4. The molecule has 3 rings (SSSR count). The molecule has 2 N–H and O–H groups in total. The molecule has 2 aromatic carbocycles. The van der Waals surface area contributed by atoms with Gasteiger partial charge in [0, 0.05) is 31.5 Å². The van der Waals surface area contributed by atoms with E-state index in [9.17, 15) is 9.59 Å². The van der Waals surface area contributed by atoms with E-state index in [1.54, 1.807) is 11.8 Å². The molecule has 1 aliphatic heterocycles. The van der Waals surface area contributed by atoms with E-state index < -0.39 is 12.2 Å². The number of ether oxygens (including phenoxy) is 1. The predicted molar refractivity (Wildman–Crippen MR) is 110 cm³/mol. The summed E-state index contributed by atoms with van der Waals surface area (Å²) in [5.74, 6) is -0.0351. The zero-order valence-corrected chi connectivity index (χ0v) is 16.8. The van der Waals surface area contributed by atoms with Gasteiger partial charge in [-0.15, -0.1) is 0 Å². The molecule has 0 radical (unpaired) electrons. The van der Waals surface area contributed by atoms with E-state index >= 15 is 0 Å². The van der Waals surface area contributed by atoms with Gasteiger partial charge < -0.3 is 20.3 Å². The van der Waals surface area contributed by atoms with Gasteiger partial charge in [-0.05, 0) is 49.8 Å². The molecule has 1 heterocycles. The fourth-order valence-electron chi connectivity index (χ4n) is 3.89. The summed E-state index contributed by atoms with van der Waals surface area (Å²) in [5, 5.41) is 0. The van der Waals surface area contributed by atoms with Crippen LogP contribution in [0.5, 0.6) is 0 Å². The highest BCUT2D eigenvalue weighted by Gasteiger charge is 2.34. The second kappa shape index (κ2) is 8.02. The normalized spacial score (nSPS) is 18.7. The van der Waals surface area contributed by atoms with E-state index in [4.69, 9.17) is 10.5 Å². The van der Waals surface area contributed by atoms with Crippen LogP contribution >= 0.6 is 0 Å². The Hall–Kier alpha value is -2.86. The molecule has 0 aliphatic carbocycles. The fraction of sp³-hybridized carbons (Fsp3) is 0.364. The molecule has 0 bridgehead atoms. The lowest BCUT2D eigenvalue weighted by atomic mass is 9.90. The van der Waals surface area contributed by atoms with Gasteiger partial charge in [-0.25, -0.2) is 4.79 Å². The molecule has 28 heavy (non-hydrogen) atoms. The number of hydrogen-bond donors (Lipinski definition) is 1. The Morgan fingerprint density at radius 3 is 2.36 bits per heavy atom. The number of carbonyl (C=O) groups excluding carboxylic acids is 2. The van der Waals surface area contributed by atoms with Crippen molar-refractivity contribution in [1.29, 1.82) is 0 Å². The van der Waals surface area contributed by atoms with Crippen LogP contribution in [0.25, 0.3) is 11.1 Å². The SMILES string of the molecule is CC(=O)N1c2ccc(-c3ccc(CN(C)C)cc3)cc2[C@H](OC(N)=O)C[C@@H]1C. The number of primary amides is 1. The highest BCUT2D eigenvalue weighted by Crippen LogP contribution is 2.41. The first-order valence-electron chi connectivity index (χ1n) is 9.40. The monoisotopic (exact) mass is 381 g/mol. The molecule has 2 amide bonds. The van der Waals surface area contributed by atoms with Gasteiger partial charge in [0.2, 0.25) is 5.91 Å². The third kappa shape index (κ3) is 4.17. The molecule has 0 saturated carbocycles. The molecular weight excluding hydrogens is 354 g/mol. The summed E-state index contributed by atoms with van der Waals surface area (Å²) < 4.78 is 5.37. The maximum atomic E-state index is 12.2. The van der Waals surface area contributed by atoms with Crippen LogP contribution in [0.2, 0.25) is 0 Å². The summed E-state index contributed by atoms with van der Waals surface area (Å²) >= 11 is 0. The van der Waals surface area contributed by atoms with Crippen LogP contribution in [0.4, 0.5) is 10.5 Å². The molecule has 0 aromatic heterocycles. The third-order valence-electron chi connectivity index (χ3n) is 5.01. The molecule has 0 spiro atoms. The molecule has 0 unspecified atom stereocenters. The lowest BCUT2D eigenvalue weighted by Gasteiger charge is -2.38. The van der Waals surface area contributed by atoms with Crippen molar-refractivity contribution in [3.63, 3.8) is 0 Å². The standard InChI is InChI=1S/C22H27N3O3/c1-14-11-21(28-22(23)27)19-12-18(9-10-20(19)25(14)15(2)26)17-7-5-16(6-8-17)13-24(3)4/h5-10,12,14,21H,11,13H2,1-4H3,(H2,23,27)/t14-,21+/m0/s1. The second-order valence-corrected chi connectivity index (χ2v) is 7.61. The zero-order chi connectivity index (χ0) is 20.4. The largest absolute Gasteiger partial charge is 0.441 e. The number of fused-ring (bicyclic) bond motifs is 1. The van der Waals surface area contributed by atoms with Crippen LogP contribution in [0.1, 0.15) is 37.5 Å². The predicted octanol–water partition coefficient (Wildman–Crippen LogP) is 3.70. The van der Waals surface area contributed by atoms with E-state index in [1.165, 1.54) is 5.56 Å². The number of benzene rings is 2. The summed E-state index contributed by atoms with van der Waals surface area (Å²) in [5.41, 5.74) is 10.2. The lowest BCUT2D eigenvalue weighted by molar-refractivity contribution is -0.117. The van der Waals surface area contributed by atoms with Crippen LogP contribution in [0, 0.1) is 0 Å². The number of hydrogen-bond acceptors (Lipinski definition) is 4. The number of amides is 2. The van der Waals surface area contributed by atoms with E-state index in [1.807, 2.05) is 39.2 Å². The third-order valence-corrected chi connectivity index (χ3v) is 5.01. The molecule has 0 fully saturated rings. The van der Waals surface area contributed by atoms with Gasteiger partial charge in [-0.3, -0.25) is 4.79 Å². The van der Waals surface area contributed by atoms with Gasteiger partial charge in [0.25, 0.3) is 0 Å². The number of nitrogens with zero attached hydrogens (tertiary/aromatic N) is 2. The molecule has 148 valence electrons. The number of carbonyl (C=O) groups is 2. The minimum absolute atomic E-state index is 0.0351. The minimum Gasteiger partial charge on any atom is -0.441 e. The minimum atomic E-state index is -0.808. The van der Waals surface area contributed by atoms with Crippen molar-refractivity contribution in [3.8, 4) is 11.1 Å². The van der Waals surface area contributed by atoms with Crippen LogP contribution in [-0.4, -0.2) is 37.0 Å². The van der Waals surface area contributed by atoms with E-state index in [0.29, 0.717) is 6.42 Å². The molecule has 1 aliphatic rings. The number of anilines is 1. The van der Waals surface area contributed by atoms with Crippen molar-refractivity contribution in [2.75, 3.05) is 19.0 Å². The van der Waals surface area contributed by atoms with Crippen molar-refractivity contribution in [3.05, 3.63) is 53.6 Å². The van der Waals surface area contributed by atoms with Gasteiger partial charge >= 0.3 is 6.09 Å². The summed E-state index contributed by atoms with van der Waals surface area (Å²) in [6.07, 6.45) is -0.760. The highest BCUT2D eigenvalue weighted by molar-refractivity contribution is 5.94. The smallest absolute Gasteiger partial charge is 0.405 e. The molecule has 6 heteroatoms. The Morgan fingerprint density at radius 1 is 1.14 bits per heavy atom. The van der Waals surface area contributed by atoms with Crippen molar-refractivity contribution < 1.29 is 14.3 Å². The summed E-state index contributed by atoms with van der Waals surface area (Å²) in [6.45, 7) is 4.37. The molecule has 2 atom stereocenters. The maximum absolute atomic E-state index is 12.2. The van der Waals surface area contributed by atoms with E-state index in [-0.39, 0.29) is 11.9 Å². The van der Waals surface area contributed by atoms with Gasteiger partial charge in [0.15, 0.2) is 0 Å². The maximum Gasteiger partial charge on any atom is 0.405 e. The Balaban J connectivity index is 2.00. The molecule has 0 saturated heterocycles. The fourth-order valence-corrected chi connectivity index (χ4v) is 3.89. The van der Waals surface area contributed by atoms with Gasteiger partial charge in [-0.1, -0.05) is 30.3 Å². The molecule has 6 nitrogen and oxygen atoms in total. The van der Waals surface area contributed by atoms with E-state index in [0.717, 1.165) is 28.9 Å². The van der Waals surface area contributed by atoms with Crippen molar-refractivity contribution in [1.82, 2.24) is 4.90 Å². The first kappa shape index (κ1) is 19.9. The van der Waals surface area contributed by atoms with E-state index in [2.05, 4.69) is 29.2 Å². The van der Waals surface area contributed by atoms with Crippen LogP contribution in [0.15, 0.2) is 42.5 Å². The van der Waals surface area contributed by atoms with Crippen LogP contribution in [0.3, 0.4) is 0 Å². The molecule has 2 aromatic rings. The first-order valence-corrected chi connectivity index (χ1v) is 9.40. The Bertz CT molecular complexity index is 877. The Morgan fingerprint density at radius 2 is 1.79 bits per heavy atom. The number of nitrogens with two attached hydrogens (primary N) is 1. The molecular formula is C22H27N3O3. The van der Waals surface area contributed by atoms with Crippen molar-refractivity contribution in [2.45, 2.75) is 39.0 Å². The zero-order valence-electron chi connectivity index (χ0n) is 16.8. The first-order chi connectivity index (χ1) is 13.3. The summed E-state index contributed by atoms with van der Waals surface area (Å²) in [6, 6.07) is 14.2. The number of rotatable bonds is 4. The van der Waals surface area contributed by atoms with Gasteiger partial charge in [0.05, 0.1) is 5.69 Å². The average molecular weight is 381 g/mol. The average Bonchev–Trinajstić information content (AvgIpc) is 2.61. The quantitative estimate of drug-likeness (QED) is 0.876. The van der Waals surface area contributed by atoms with Gasteiger partial charge in [-0.2, -0.15) is 0 Å². The Labute approximate surface area is 165 Å². The lowest BCUT2D eigenvalue weighted by Crippen LogP contribution is -2.42. The van der Waals surface area contributed by atoms with Crippen molar-refractivity contribution >= 4 is 17.7 Å². The van der Waals surface area contributed by atoms with Crippen LogP contribution < -0.4 is 10.6 Å². The van der Waals surface area contributed by atoms with Crippen molar-refractivity contribution in [2.24, 2.45) is 5.73 Å². The van der Waals surface area contributed by atoms with Crippen LogP contribution in [-0.2, 0) is 16.1 Å². The second-order valence-electron chi connectivity index (χ2n) is 7.61. The summed E-state index contributed by atoms with van der Waals surface area (Å²) in [7, 11) is 4.08. The van der Waals surface area contributed by atoms with Gasteiger partial charge in [0.1, 0.15) is 6.10 Å². The Kier molecular flexibility index (Phi) is 5.70.